The SMILES string of the molecule is CCNC(=NCC1CCN(C2CC2)C1)NC1CN(C(C)C)CC1C. The first-order valence-electron chi connectivity index (χ1n) is 10.1. The van der Waals surface area contributed by atoms with Crippen LogP contribution in [0.15, 0.2) is 4.99 Å². The minimum absolute atomic E-state index is 0.511. The highest BCUT2D eigenvalue weighted by molar-refractivity contribution is 5.80. The third-order valence-electron chi connectivity index (χ3n) is 5.93. The van der Waals surface area contributed by atoms with Gasteiger partial charge in [-0.2, -0.15) is 0 Å². The van der Waals surface area contributed by atoms with Crippen molar-refractivity contribution in [2.24, 2.45) is 16.8 Å². The maximum absolute atomic E-state index is 4.93. The Hall–Kier alpha value is -0.810. The Morgan fingerprint density at radius 3 is 2.58 bits per heavy atom. The van der Waals surface area contributed by atoms with Gasteiger partial charge < -0.3 is 15.5 Å². The number of rotatable bonds is 6. The van der Waals surface area contributed by atoms with Crippen LogP contribution in [0.1, 0.15) is 47.0 Å². The molecule has 2 N–H and O–H groups in total. The average molecular weight is 336 g/mol. The summed E-state index contributed by atoms with van der Waals surface area (Å²) < 4.78 is 0. The summed E-state index contributed by atoms with van der Waals surface area (Å²) in [5.41, 5.74) is 0. The van der Waals surface area contributed by atoms with E-state index in [-0.39, 0.29) is 0 Å². The van der Waals surface area contributed by atoms with E-state index in [1.807, 2.05) is 0 Å². The summed E-state index contributed by atoms with van der Waals surface area (Å²) in [5, 5.41) is 7.16. The second-order valence-electron chi connectivity index (χ2n) is 8.38. The predicted octanol–water partition coefficient (Wildman–Crippen LogP) is 1.75. The summed E-state index contributed by atoms with van der Waals surface area (Å²) in [7, 11) is 0. The lowest BCUT2D eigenvalue weighted by Gasteiger charge is -2.22. The molecule has 3 atom stereocenters. The predicted molar refractivity (Wildman–Crippen MR) is 101 cm³/mol. The zero-order chi connectivity index (χ0) is 17.1. The number of hydrogen-bond donors (Lipinski definition) is 2. The van der Waals surface area contributed by atoms with Gasteiger partial charge in [0.1, 0.15) is 0 Å². The number of hydrogen-bond acceptors (Lipinski definition) is 3. The quantitative estimate of drug-likeness (QED) is 0.573. The molecule has 0 amide bonds. The Labute approximate surface area is 148 Å². The zero-order valence-electron chi connectivity index (χ0n) is 16.1. The summed E-state index contributed by atoms with van der Waals surface area (Å²) in [6, 6.07) is 2.05. The molecule has 0 aromatic heterocycles. The Morgan fingerprint density at radius 1 is 1.17 bits per heavy atom. The fourth-order valence-electron chi connectivity index (χ4n) is 4.11. The minimum atomic E-state index is 0.511. The van der Waals surface area contributed by atoms with Crippen molar-refractivity contribution in [2.75, 3.05) is 39.3 Å². The molecule has 3 fully saturated rings. The largest absolute Gasteiger partial charge is 0.357 e. The van der Waals surface area contributed by atoms with Crippen LogP contribution in [-0.2, 0) is 0 Å². The van der Waals surface area contributed by atoms with Gasteiger partial charge in [-0.25, -0.2) is 0 Å². The van der Waals surface area contributed by atoms with E-state index in [2.05, 4.69) is 48.1 Å². The first-order chi connectivity index (χ1) is 11.6. The van der Waals surface area contributed by atoms with Crippen molar-refractivity contribution in [2.45, 2.75) is 65.1 Å². The fourth-order valence-corrected chi connectivity index (χ4v) is 4.11. The van der Waals surface area contributed by atoms with Crippen LogP contribution in [0.5, 0.6) is 0 Å². The van der Waals surface area contributed by atoms with E-state index in [1.54, 1.807) is 0 Å². The number of aliphatic imine (C=N–C) groups is 1. The third kappa shape index (κ3) is 4.63. The van der Waals surface area contributed by atoms with Crippen molar-refractivity contribution >= 4 is 5.96 Å². The van der Waals surface area contributed by atoms with E-state index in [9.17, 15) is 0 Å². The van der Waals surface area contributed by atoms with Crippen molar-refractivity contribution in [3.05, 3.63) is 0 Å². The van der Waals surface area contributed by atoms with Gasteiger partial charge in [-0.05, 0) is 58.4 Å². The molecule has 0 spiro atoms. The summed E-state index contributed by atoms with van der Waals surface area (Å²) in [5.74, 6) is 2.44. The van der Waals surface area contributed by atoms with Crippen molar-refractivity contribution in [1.82, 2.24) is 20.4 Å². The highest BCUT2D eigenvalue weighted by atomic mass is 15.3. The topological polar surface area (TPSA) is 42.9 Å². The molecule has 2 aliphatic heterocycles. The number of nitrogens with one attached hydrogen (secondary N) is 2. The zero-order valence-corrected chi connectivity index (χ0v) is 16.1. The lowest BCUT2D eigenvalue weighted by Crippen LogP contribution is -2.47. The minimum Gasteiger partial charge on any atom is -0.357 e. The second-order valence-corrected chi connectivity index (χ2v) is 8.38. The lowest BCUT2D eigenvalue weighted by molar-refractivity contribution is 0.265. The molecule has 24 heavy (non-hydrogen) atoms. The van der Waals surface area contributed by atoms with E-state index < -0.39 is 0 Å². The molecule has 138 valence electrons. The smallest absolute Gasteiger partial charge is 0.191 e. The number of likely N-dealkylation sites (tertiary alicyclic amines) is 2. The molecule has 3 aliphatic rings. The van der Waals surface area contributed by atoms with Crippen LogP contribution in [0.4, 0.5) is 0 Å². The van der Waals surface area contributed by atoms with Gasteiger partial charge in [-0.3, -0.25) is 9.89 Å². The first-order valence-corrected chi connectivity index (χ1v) is 10.1. The van der Waals surface area contributed by atoms with E-state index in [0.29, 0.717) is 18.0 Å². The number of nitrogens with zero attached hydrogens (tertiary/aromatic N) is 3. The Kier molecular flexibility index (Phi) is 6.03. The maximum atomic E-state index is 4.93. The monoisotopic (exact) mass is 335 g/mol. The maximum Gasteiger partial charge on any atom is 0.191 e. The van der Waals surface area contributed by atoms with Gasteiger partial charge in [0.15, 0.2) is 5.96 Å². The van der Waals surface area contributed by atoms with E-state index >= 15 is 0 Å². The summed E-state index contributed by atoms with van der Waals surface area (Å²) in [6.45, 7) is 15.9. The standard InChI is InChI=1S/C19H37N5/c1-5-20-19(22-18-13-24(14(2)3)11-15(18)4)21-10-16-8-9-23(12-16)17-6-7-17/h14-18H,5-13H2,1-4H3,(H2,20,21,22). The van der Waals surface area contributed by atoms with Crippen LogP contribution >= 0.6 is 0 Å². The van der Waals surface area contributed by atoms with Crippen molar-refractivity contribution in [1.29, 1.82) is 0 Å². The van der Waals surface area contributed by atoms with Gasteiger partial charge in [-0.1, -0.05) is 6.92 Å². The molecule has 3 rings (SSSR count). The van der Waals surface area contributed by atoms with Crippen LogP contribution in [0, 0.1) is 11.8 Å². The molecular formula is C19H37N5. The first kappa shape index (κ1) is 18.0. The molecular weight excluding hydrogens is 298 g/mol. The molecule has 0 bridgehead atoms. The molecule has 1 aliphatic carbocycles. The highest BCUT2D eigenvalue weighted by Gasteiger charge is 2.34. The van der Waals surface area contributed by atoms with Crippen LogP contribution in [-0.4, -0.2) is 73.2 Å². The Bertz CT molecular complexity index is 431. The lowest BCUT2D eigenvalue weighted by atomic mass is 10.1. The van der Waals surface area contributed by atoms with Crippen molar-refractivity contribution in [3.63, 3.8) is 0 Å². The summed E-state index contributed by atoms with van der Waals surface area (Å²) in [4.78, 5) is 10.2. The van der Waals surface area contributed by atoms with E-state index in [1.165, 1.54) is 38.9 Å². The molecule has 3 unspecified atom stereocenters. The number of guanidine groups is 1. The molecule has 2 heterocycles. The van der Waals surface area contributed by atoms with Gasteiger partial charge >= 0.3 is 0 Å². The van der Waals surface area contributed by atoms with Gasteiger partial charge in [0, 0.05) is 50.8 Å². The molecule has 1 saturated carbocycles. The normalized spacial score (nSPS) is 32.7. The Morgan fingerprint density at radius 2 is 1.96 bits per heavy atom. The molecule has 0 aromatic rings. The van der Waals surface area contributed by atoms with Crippen LogP contribution < -0.4 is 10.6 Å². The fraction of sp³-hybridized carbons (Fsp3) is 0.947. The van der Waals surface area contributed by atoms with Gasteiger partial charge in [0.05, 0.1) is 0 Å². The molecule has 5 nitrogen and oxygen atoms in total. The summed E-state index contributed by atoms with van der Waals surface area (Å²) >= 11 is 0. The molecule has 0 radical (unpaired) electrons. The Balaban J connectivity index is 1.50. The summed E-state index contributed by atoms with van der Waals surface area (Å²) in [6.07, 6.45) is 4.17. The highest BCUT2D eigenvalue weighted by Crippen LogP contribution is 2.31. The van der Waals surface area contributed by atoms with Crippen molar-refractivity contribution in [3.8, 4) is 0 Å². The van der Waals surface area contributed by atoms with E-state index in [4.69, 9.17) is 4.99 Å². The van der Waals surface area contributed by atoms with Gasteiger partial charge in [0.25, 0.3) is 0 Å². The molecule has 0 aromatic carbocycles. The second kappa shape index (κ2) is 8.05. The van der Waals surface area contributed by atoms with Crippen molar-refractivity contribution < 1.29 is 0 Å². The van der Waals surface area contributed by atoms with E-state index in [0.717, 1.165) is 37.6 Å². The molecule has 2 saturated heterocycles. The van der Waals surface area contributed by atoms with Crippen LogP contribution in [0.3, 0.4) is 0 Å². The van der Waals surface area contributed by atoms with Gasteiger partial charge in [0.2, 0.25) is 0 Å². The third-order valence-corrected chi connectivity index (χ3v) is 5.93. The van der Waals surface area contributed by atoms with Crippen LogP contribution in [0.25, 0.3) is 0 Å². The average Bonchev–Trinajstić information content (AvgIpc) is 3.18. The van der Waals surface area contributed by atoms with Crippen LogP contribution in [0.2, 0.25) is 0 Å². The van der Waals surface area contributed by atoms with Gasteiger partial charge in [-0.15, -0.1) is 0 Å². The molecule has 5 heteroatoms.